The Bertz CT molecular complexity index is 3820. The Morgan fingerprint density at radius 2 is 0.900 bits per heavy atom. The molecule has 0 saturated heterocycles. The summed E-state index contributed by atoms with van der Waals surface area (Å²) in [5.74, 6) is 1.83. The molecular weight excluding hydrogens is 749 g/mol. The van der Waals surface area contributed by atoms with Gasteiger partial charge in [0.05, 0.1) is 11.0 Å². The van der Waals surface area contributed by atoms with Crippen LogP contribution >= 0.6 is 11.3 Å². The van der Waals surface area contributed by atoms with E-state index in [1.165, 1.54) is 52.7 Å². The van der Waals surface area contributed by atoms with Crippen LogP contribution in [0.25, 0.3) is 125 Å². The van der Waals surface area contributed by atoms with Gasteiger partial charge in [-0.15, -0.1) is 11.3 Å². The second-order valence-electron chi connectivity index (χ2n) is 15.6. The Labute approximate surface area is 348 Å². The predicted molar refractivity (Wildman–Crippen MR) is 253 cm³/mol. The van der Waals surface area contributed by atoms with Crippen LogP contribution in [-0.4, -0.2) is 19.5 Å². The van der Waals surface area contributed by atoms with Gasteiger partial charge in [0.25, 0.3) is 0 Å². The van der Waals surface area contributed by atoms with Crippen molar-refractivity contribution < 1.29 is 0 Å². The van der Waals surface area contributed by atoms with Gasteiger partial charge in [0, 0.05) is 53.2 Å². The standard InChI is InChI=1S/C55H32N4S/c1-3-14-36-29-40(25-23-33(36)11-1)53-56-54(41-26-24-34-12-2-4-15-37(34)30-41)58-55(57-53)59-48-32-39-17-6-5-16-38(39)31-47(48)44-20-9-19-43(51(44)59)45-21-10-22-46-50-42-18-8-7-13-35(42)27-28-49(50)60-52(45)46/h1-32H. The molecule has 0 N–H and O–H groups in total. The van der Waals surface area contributed by atoms with E-state index in [0.29, 0.717) is 17.6 Å². The summed E-state index contributed by atoms with van der Waals surface area (Å²) in [5.41, 5.74) is 6.31. The minimum absolute atomic E-state index is 0.577. The molecule has 10 aromatic carbocycles. The van der Waals surface area contributed by atoms with Gasteiger partial charge in [-0.3, -0.25) is 4.57 Å². The van der Waals surface area contributed by atoms with Crippen molar-refractivity contribution in [3.8, 4) is 39.9 Å². The average Bonchev–Trinajstić information content (AvgIpc) is 3.86. The molecule has 3 aromatic heterocycles. The summed E-state index contributed by atoms with van der Waals surface area (Å²) in [7, 11) is 0. The first-order valence-electron chi connectivity index (χ1n) is 20.3. The zero-order valence-electron chi connectivity index (χ0n) is 32.2. The lowest BCUT2D eigenvalue weighted by Crippen LogP contribution is -2.07. The Balaban J connectivity index is 1.15. The molecule has 60 heavy (non-hydrogen) atoms. The molecular formula is C55H32N4S. The van der Waals surface area contributed by atoms with Crippen molar-refractivity contribution in [1.29, 1.82) is 0 Å². The van der Waals surface area contributed by atoms with Gasteiger partial charge in [0.2, 0.25) is 5.95 Å². The number of rotatable bonds is 4. The second-order valence-corrected chi connectivity index (χ2v) is 16.7. The van der Waals surface area contributed by atoms with E-state index in [-0.39, 0.29) is 0 Å². The second kappa shape index (κ2) is 12.9. The Morgan fingerprint density at radius 1 is 0.367 bits per heavy atom. The van der Waals surface area contributed by atoms with E-state index in [0.717, 1.165) is 54.7 Å². The monoisotopic (exact) mass is 780 g/mol. The van der Waals surface area contributed by atoms with Crippen LogP contribution in [0.5, 0.6) is 0 Å². The van der Waals surface area contributed by atoms with Crippen molar-refractivity contribution in [2.24, 2.45) is 0 Å². The van der Waals surface area contributed by atoms with E-state index in [2.05, 4.69) is 199 Å². The summed E-state index contributed by atoms with van der Waals surface area (Å²) in [4.78, 5) is 16.1. The third kappa shape index (κ3) is 5.06. The van der Waals surface area contributed by atoms with Crippen LogP contribution in [-0.2, 0) is 0 Å². The minimum atomic E-state index is 0.577. The molecule has 0 bridgehead atoms. The van der Waals surface area contributed by atoms with Crippen LogP contribution in [0.4, 0.5) is 0 Å². The van der Waals surface area contributed by atoms with Gasteiger partial charge < -0.3 is 0 Å². The zero-order chi connectivity index (χ0) is 39.3. The molecule has 0 unspecified atom stereocenters. The fourth-order valence-electron chi connectivity index (χ4n) is 9.34. The van der Waals surface area contributed by atoms with Crippen LogP contribution in [0.1, 0.15) is 0 Å². The minimum Gasteiger partial charge on any atom is -0.277 e. The highest BCUT2D eigenvalue weighted by atomic mass is 32.1. The highest BCUT2D eigenvalue weighted by Crippen LogP contribution is 2.46. The number of nitrogens with zero attached hydrogens (tertiary/aromatic N) is 4. The molecule has 0 saturated carbocycles. The SMILES string of the molecule is c1ccc2cc(-c3nc(-c4ccc5ccccc5c4)nc(-n4c5cc6ccccc6cc5c5cccc(-c6cccc7c6sc6ccc8ccccc8c67)c54)n3)ccc2c1. The molecule has 13 rings (SSSR count). The maximum absolute atomic E-state index is 5.43. The number of hydrogen-bond acceptors (Lipinski definition) is 4. The summed E-state index contributed by atoms with van der Waals surface area (Å²) < 4.78 is 4.85. The van der Waals surface area contributed by atoms with E-state index in [9.17, 15) is 0 Å². The summed E-state index contributed by atoms with van der Waals surface area (Å²) >= 11 is 1.87. The molecule has 0 spiro atoms. The topological polar surface area (TPSA) is 43.6 Å². The fourth-order valence-corrected chi connectivity index (χ4v) is 10.6. The zero-order valence-corrected chi connectivity index (χ0v) is 33.0. The van der Waals surface area contributed by atoms with E-state index in [4.69, 9.17) is 15.0 Å². The molecule has 4 nitrogen and oxygen atoms in total. The molecule has 0 fully saturated rings. The summed E-state index contributed by atoms with van der Waals surface area (Å²) in [6.45, 7) is 0. The van der Waals surface area contributed by atoms with Crippen LogP contribution in [0.15, 0.2) is 194 Å². The molecule has 5 heteroatoms. The Morgan fingerprint density at radius 3 is 1.58 bits per heavy atom. The van der Waals surface area contributed by atoms with Crippen molar-refractivity contribution >= 4 is 96.4 Å². The van der Waals surface area contributed by atoms with Crippen LogP contribution < -0.4 is 0 Å². The van der Waals surface area contributed by atoms with Crippen molar-refractivity contribution in [2.45, 2.75) is 0 Å². The quantitative estimate of drug-likeness (QED) is 0.179. The summed E-state index contributed by atoms with van der Waals surface area (Å²) in [5, 5.41) is 14.4. The van der Waals surface area contributed by atoms with Gasteiger partial charge in [-0.1, -0.05) is 164 Å². The predicted octanol–water partition coefficient (Wildman–Crippen LogP) is 15.0. The van der Waals surface area contributed by atoms with Gasteiger partial charge >= 0.3 is 0 Å². The highest BCUT2D eigenvalue weighted by molar-refractivity contribution is 7.26. The smallest absolute Gasteiger partial charge is 0.238 e. The fraction of sp³-hybridized carbons (Fsp3) is 0. The van der Waals surface area contributed by atoms with Gasteiger partial charge in [0.1, 0.15) is 0 Å². The molecule has 0 amide bonds. The van der Waals surface area contributed by atoms with Gasteiger partial charge in [-0.05, 0) is 73.4 Å². The molecule has 0 atom stereocenters. The van der Waals surface area contributed by atoms with Gasteiger partial charge in [-0.25, -0.2) is 4.98 Å². The third-order valence-corrected chi connectivity index (χ3v) is 13.4. The number of benzene rings is 10. The Kier molecular flexibility index (Phi) is 7.14. The number of thiophene rings is 1. The molecule has 3 heterocycles. The van der Waals surface area contributed by atoms with E-state index >= 15 is 0 Å². The highest BCUT2D eigenvalue weighted by Gasteiger charge is 2.23. The van der Waals surface area contributed by atoms with Crippen LogP contribution in [0, 0.1) is 0 Å². The summed E-state index contributed by atoms with van der Waals surface area (Å²) in [6.07, 6.45) is 0. The van der Waals surface area contributed by atoms with E-state index in [1.54, 1.807) is 0 Å². The van der Waals surface area contributed by atoms with E-state index < -0.39 is 0 Å². The van der Waals surface area contributed by atoms with Crippen molar-refractivity contribution in [3.05, 3.63) is 194 Å². The lowest BCUT2D eigenvalue weighted by atomic mass is 9.98. The van der Waals surface area contributed by atoms with E-state index in [1.807, 2.05) is 11.3 Å². The largest absolute Gasteiger partial charge is 0.277 e. The van der Waals surface area contributed by atoms with Crippen LogP contribution in [0.3, 0.4) is 0 Å². The average molecular weight is 781 g/mol. The number of fused-ring (bicyclic) bond motifs is 11. The maximum atomic E-state index is 5.43. The first kappa shape index (κ1) is 33.3. The normalized spacial score (nSPS) is 12.0. The first-order valence-corrected chi connectivity index (χ1v) is 21.1. The van der Waals surface area contributed by atoms with Gasteiger partial charge in [-0.2, -0.15) is 9.97 Å². The first-order chi connectivity index (χ1) is 29.7. The van der Waals surface area contributed by atoms with Gasteiger partial charge in [0.15, 0.2) is 11.6 Å². The Hall–Kier alpha value is -7.73. The lowest BCUT2D eigenvalue weighted by Gasteiger charge is -2.14. The van der Waals surface area contributed by atoms with Crippen molar-refractivity contribution in [3.63, 3.8) is 0 Å². The number of hydrogen-bond donors (Lipinski definition) is 0. The molecule has 0 aliphatic carbocycles. The lowest BCUT2D eigenvalue weighted by molar-refractivity contribution is 0.954. The maximum Gasteiger partial charge on any atom is 0.238 e. The third-order valence-electron chi connectivity index (χ3n) is 12.2. The molecule has 0 aliphatic heterocycles. The van der Waals surface area contributed by atoms with Crippen molar-refractivity contribution in [2.75, 3.05) is 0 Å². The van der Waals surface area contributed by atoms with Crippen molar-refractivity contribution in [1.82, 2.24) is 19.5 Å². The molecule has 0 aliphatic rings. The number of para-hydroxylation sites is 1. The van der Waals surface area contributed by atoms with Crippen LogP contribution in [0.2, 0.25) is 0 Å². The molecule has 13 aromatic rings. The molecule has 0 radical (unpaired) electrons. The molecule has 278 valence electrons. The summed E-state index contributed by atoms with van der Waals surface area (Å²) in [6, 6.07) is 69.8. The number of aromatic nitrogens is 4.